The average Bonchev–Trinajstić information content (AvgIpc) is 2.31. The number of aromatic hydroxyl groups is 2. The molecule has 2 N–H and O–H groups in total. The van der Waals surface area contributed by atoms with Crippen molar-refractivity contribution in [2.45, 2.75) is 59.3 Å². The van der Waals surface area contributed by atoms with Gasteiger partial charge in [0.1, 0.15) is 0 Å². The summed E-state index contributed by atoms with van der Waals surface area (Å²) in [6.07, 6.45) is 5.65. The molecule has 1 rings (SSSR count). The van der Waals surface area contributed by atoms with Crippen LogP contribution in [0.1, 0.15) is 56.7 Å². The molecular weight excluding hydrogens is 212 g/mol. The van der Waals surface area contributed by atoms with E-state index in [9.17, 15) is 10.2 Å². The van der Waals surface area contributed by atoms with Gasteiger partial charge in [-0.25, -0.2) is 0 Å². The van der Waals surface area contributed by atoms with Crippen LogP contribution in [0.3, 0.4) is 0 Å². The Labute approximate surface area is 104 Å². The van der Waals surface area contributed by atoms with Crippen LogP contribution in [0.25, 0.3) is 0 Å². The predicted octanol–water partition coefficient (Wildman–Crippen LogP) is 3.96. The summed E-state index contributed by atoms with van der Waals surface area (Å²) in [6.45, 7) is 6.31. The molecule has 0 radical (unpaired) electrons. The fourth-order valence-corrected chi connectivity index (χ4v) is 2.29. The molecule has 0 spiro atoms. The van der Waals surface area contributed by atoms with Gasteiger partial charge in [0, 0.05) is 5.56 Å². The molecule has 0 saturated carbocycles. The first-order valence-corrected chi connectivity index (χ1v) is 6.71. The van der Waals surface area contributed by atoms with Crippen LogP contribution in [0.4, 0.5) is 0 Å². The lowest BCUT2D eigenvalue weighted by atomic mass is 9.94. The number of phenolic OH excluding ortho intramolecular Hbond substituents is 2. The number of rotatable bonds is 6. The smallest absolute Gasteiger partial charge is 0.161 e. The lowest BCUT2D eigenvalue weighted by molar-refractivity contribution is 0.393. The molecule has 96 valence electrons. The molecule has 2 heteroatoms. The predicted molar refractivity (Wildman–Crippen MR) is 71.8 cm³/mol. The lowest BCUT2D eigenvalue weighted by Gasteiger charge is -2.15. The summed E-state index contributed by atoms with van der Waals surface area (Å²) in [5.41, 5.74) is 3.02. The molecule has 17 heavy (non-hydrogen) atoms. The molecule has 0 aliphatic heterocycles. The fraction of sp³-hybridized carbons (Fsp3) is 0.600. The standard InChI is InChI=1S/C15H24O2/c1-4-7-11-10-12(8-5-2)14(16)15(17)13(11)9-6-3/h10,16-17H,4-9H2,1-3H3. The van der Waals surface area contributed by atoms with E-state index in [1.54, 1.807) is 0 Å². The van der Waals surface area contributed by atoms with Crippen LogP contribution in [-0.2, 0) is 19.3 Å². The second-order valence-electron chi connectivity index (χ2n) is 4.62. The summed E-state index contributed by atoms with van der Waals surface area (Å²) in [5, 5.41) is 20.1. The Morgan fingerprint density at radius 2 is 1.29 bits per heavy atom. The molecule has 0 aliphatic carbocycles. The minimum Gasteiger partial charge on any atom is -0.504 e. The van der Waals surface area contributed by atoms with Gasteiger partial charge in [-0.15, -0.1) is 0 Å². The van der Waals surface area contributed by atoms with Crippen LogP contribution in [0.2, 0.25) is 0 Å². The Balaban J connectivity index is 3.23. The minimum atomic E-state index is 0.0927. The van der Waals surface area contributed by atoms with Crippen LogP contribution in [0.15, 0.2) is 6.07 Å². The van der Waals surface area contributed by atoms with Gasteiger partial charge in [-0.05, 0) is 30.4 Å². The highest BCUT2D eigenvalue weighted by Crippen LogP contribution is 2.37. The second kappa shape index (κ2) is 6.53. The van der Waals surface area contributed by atoms with Crippen LogP contribution in [0.5, 0.6) is 11.5 Å². The van der Waals surface area contributed by atoms with Crippen molar-refractivity contribution in [1.29, 1.82) is 0 Å². The summed E-state index contributed by atoms with van der Waals surface area (Å²) in [6, 6.07) is 2.08. The van der Waals surface area contributed by atoms with Gasteiger partial charge in [-0.2, -0.15) is 0 Å². The maximum absolute atomic E-state index is 10.1. The molecule has 0 heterocycles. The first kappa shape index (κ1) is 13.9. The van der Waals surface area contributed by atoms with Gasteiger partial charge in [-0.3, -0.25) is 0 Å². The quantitative estimate of drug-likeness (QED) is 0.734. The van der Waals surface area contributed by atoms with Crippen molar-refractivity contribution in [2.24, 2.45) is 0 Å². The molecule has 0 fully saturated rings. The van der Waals surface area contributed by atoms with Crippen LogP contribution < -0.4 is 0 Å². The molecule has 1 aromatic carbocycles. The van der Waals surface area contributed by atoms with E-state index in [1.807, 2.05) is 0 Å². The van der Waals surface area contributed by atoms with Gasteiger partial charge in [-0.1, -0.05) is 46.1 Å². The highest BCUT2D eigenvalue weighted by molar-refractivity contribution is 5.54. The molecule has 0 unspecified atom stereocenters. The minimum absolute atomic E-state index is 0.0927. The van der Waals surface area contributed by atoms with E-state index in [0.29, 0.717) is 0 Å². The van der Waals surface area contributed by atoms with E-state index in [4.69, 9.17) is 0 Å². The number of benzene rings is 1. The molecule has 0 aliphatic rings. The maximum atomic E-state index is 10.1. The number of hydrogen-bond acceptors (Lipinski definition) is 2. The Hall–Kier alpha value is -1.18. The lowest BCUT2D eigenvalue weighted by Crippen LogP contribution is -1.98. The third-order valence-electron chi connectivity index (χ3n) is 3.09. The zero-order valence-corrected chi connectivity index (χ0v) is 11.2. The summed E-state index contributed by atoms with van der Waals surface area (Å²) >= 11 is 0. The third-order valence-corrected chi connectivity index (χ3v) is 3.09. The average molecular weight is 236 g/mol. The van der Waals surface area contributed by atoms with E-state index >= 15 is 0 Å². The normalized spacial score (nSPS) is 10.8. The van der Waals surface area contributed by atoms with Crippen molar-refractivity contribution in [1.82, 2.24) is 0 Å². The van der Waals surface area contributed by atoms with Crippen LogP contribution >= 0.6 is 0 Å². The Kier molecular flexibility index (Phi) is 5.33. The van der Waals surface area contributed by atoms with Gasteiger partial charge < -0.3 is 10.2 Å². The first-order valence-electron chi connectivity index (χ1n) is 6.71. The Morgan fingerprint density at radius 1 is 0.765 bits per heavy atom. The van der Waals surface area contributed by atoms with Crippen LogP contribution in [-0.4, -0.2) is 10.2 Å². The first-order chi connectivity index (χ1) is 8.15. The number of hydrogen-bond donors (Lipinski definition) is 2. The van der Waals surface area contributed by atoms with Gasteiger partial charge in [0.05, 0.1) is 0 Å². The van der Waals surface area contributed by atoms with E-state index in [2.05, 4.69) is 26.8 Å². The Morgan fingerprint density at radius 3 is 1.82 bits per heavy atom. The third kappa shape index (κ3) is 3.15. The van der Waals surface area contributed by atoms with Crippen molar-refractivity contribution in [3.8, 4) is 11.5 Å². The molecule has 0 bridgehead atoms. The SMILES string of the molecule is CCCc1cc(CCC)c(CCC)c(O)c1O. The molecule has 0 saturated heterocycles. The van der Waals surface area contributed by atoms with Gasteiger partial charge >= 0.3 is 0 Å². The van der Waals surface area contributed by atoms with E-state index in [0.717, 1.165) is 49.7 Å². The number of phenols is 2. The van der Waals surface area contributed by atoms with E-state index < -0.39 is 0 Å². The van der Waals surface area contributed by atoms with Crippen molar-refractivity contribution in [3.05, 3.63) is 22.8 Å². The zero-order chi connectivity index (χ0) is 12.8. The molecular formula is C15H24O2. The van der Waals surface area contributed by atoms with Crippen molar-refractivity contribution in [2.75, 3.05) is 0 Å². The summed E-state index contributed by atoms with van der Waals surface area (Å²) in [4.78, 5) is 0. The molecule has 0 amide bonds. The van der Waals surface area contributed by atoms with Crippen LogP contribution in [0, 0.1) is 0 Å². The summed E-state index contributed by atoms with van der Waals surface area (Å²) < 4.78 is 0. The monoisotopic (exact) mass is 236 g/mol. The van der Waals surface area contributed by atoms with Crippen molar-refractivity contribution in [3.63, 3.8) is 0 Å². The van der Waals surface area contributed by atoms with E-state index in [1.165, 1.54) is 5.56 Å². The zero-order valence-electron chi connectivity index (χ0n) is 11.2. The fourth-order valence-electron chi connectivity index (χ4n) is 2.29. The second-order valence-corrected chi connectivity index (χ2v) is 4.62. The summed E-state index contributed by atoms with van der Waals surface area (Å²) in [5.74, 6) is 0.205. The topological polar surface area (TPSA) is 40.5 Å². The Bertz CT molecular complexity index is 370. The van der Waals surface area contributed by atoms with E-state index in [-0.39, 0.29) is 11.5 Å². The largest absolute Gasteiger partial charge is 0.504 e. The van der Waals surface area contributed by atoms with Crippen molar-refractivity contribution < 1.29 is 10.2 Å². The highest BCUT2D eigenvalue weighted by Gasteiger charge is 2.15. The molecule has 0 atom stereocenters. The van der Waals surface area contributed by atoms with Gasteiger partial charge in [0.2, 0.25) is 0 Å². The molecule has 1 aromatic rings. The van der Waals surface area contributed by atoms with Gasteiger partial charge in [0.25, 0.3) is 0 Å². The highest BCUT2D eigenvalue weighted by atomic mass is 16.3. The van der Waals surface area contributed by atoms with Crippen molar-refractivity contribution >= 4 is 0 Å². The molecule has 2 nitrogen and oxygen atoms in total. The molecule has 0 aromatic heterocycles. The van der Waals surface area contributed by atoms with Gasteiger partial charge in [0.15, 0.2) is 11.5 Å². The maximum Gasteiger partial charge on any atom is 0.161 e. The summed E-state index contributed by atoms with van der Waals surface area (Å²) in [7, 11) is 0. The number of aryl methyl sites for hydroxylation is 2.